The maximum absolute atomic E-state index is 13.4. The topological polar surface area (TPSA) is 63.1 Å². The fourth-order valence-corrected chi connectivity index (χ4v) is 4.94. The molecule has 3 aromatic rings. The molecule has 3 heterocycles. The Morgan fingerprint density at radius 2 is 1.79 bits per heavy atom. The van der Waals surface area contributed by atoms with Crippen molar-refractivity contribution in [2.75, 3.05) is 13.1 Å². The van der Waals surface area contributed by atoms with Crippen LogP contribution in [0.3, 0.4) is 0 Å². The molecule has 5 rings (SSSR count). The predicted octanol–water partition coefficient (Wildman–Crippen LogP) is 3.74. The van der Waals surface area contributed by atoms with E-state index < -0.39 is 0 Å². The van der Waals surface area contributed by atoms with Crippen molar-refractivity contribution in [3.63, 3.8) is 0 Å². The number of pyridine rings is 1. The Bertz CT molecular complexity index is 1090. The lowest BCUT2D eigenvalue weighted by molar-refractivity contribution is 0.0716. The van der Waals surface area contributed by atoms with Crippen LogP contribution >= 0.6 is 0 Å². The quantitative estimate of drug-likeness (QED) is 0.625. The number of likely N-dealkylation sites (tertiary alicyclic amines) is 1. The van der Waals surface area contributed by atoms with Gasteiger partial charge in [0, 0.05) is 49.3 Å². The minimum Gasteiger partial charge on any atom is -0.337 e. The molecule has 1 amide bonds. The van der Waals surface area contributed by atoms with Crippen LogP contribution in [0.2, 0.25) is 0 Å². The SMILES string of the molecule is O=C(c1nn(Cc2ccncc2)c2c1CC(NCc1ccc(F)cc1)CC2)N1CCCCC1. The molecule has 1 unspecified atom stereocenters. The number of piperidine rings is 1. The van der Waals surface area contributed by atoms with E-state index in [1.165, 1.54) is 24.2 Å². The van der Waals surface area contributed by atoms with Crippen molar-refractivity contribution >= 4 is 5.91 Å². The molecule has 2 aromatic heterocycles. The lowest BCUT2D eigenvalue weighted by Gasteiger charge is -2.28. The first-order valence-corrected chi connectivity index (χ1v) is 11.9. The van der Waals surface area contributed by atoms with Gasteiger partial charge in [-0.05, 0) is 73.9 Å². The molecule has 2 aliphatic rings. The number of benzene rings is 1. The molecule has 1 saturated heterocycles. The van der Waals surface area contributed by atoms with Crippen LogP contribution in [0.5, 0.6) is 0 Å². The van der Waals surface area contributed by atoms with Crippen LogP contribution in [-0.4, -0.2) is 44.7 Å². The average Bonchev–Trinajstić information content (AvgIpc) is 3.22. The van der Waals surface area contributed by atoms with Gasteiger partial charge >= 0.3 is 0 Å². The van der Waals surface area contributed by atoms with Crippen molar-refractivity contribution in [2.45, 2.75) is 57.7 Å². The Balaban J connectivity index is 1.38. The number of nitrogens with zero attached hydrogens (tertiary/aromatic N) is 4. The monoisotopic (exact) mass is 447 g/mol. The first kappa shape index (κ1) is 21.8. The second kappa shape index (κ2) is 9.83. The number of hydrogen-bond donors (Lipinski definition) is 1. The molecule has 33 heavy (non-hydrogen) atoms. The van der Waals surface area contributed by atoms with Gasteiger partial charge in [-0.2, -0.15) is 5.10 Å². The van der Waals surface area contributed by atoms with E-state index in [0.717, 1.165) is 61.9 Å². The van der Waals surface area contributed by atoms with Gasteiger partial charge in [0.25, 0.3) is 5.91 Å². The largest absolute Gasteiger partial charge is 0.337 e. The summed E-state index contributed by atoms with van der Waals surface area (Å²) in [6.07, 6.45) is 9.53. The number of carbonyl (C=O) groups is 1. The zero-order chi connectivity index (χ0) is 22.6. The van der Waals surface area contributed by atoms with Gasteiger partial charge in [-0.1, -0.05) is 12.1 Å². The van der Waals surface area contributed by atoms with Crippen molar-refractivity contribution in [3.05, 3.63) is 82.7 Å². The summed E-state index contributed by atoms with van der Waals surface area (Å²) >= 11 is 0. The molecule has 1 fully saturated rings. The molecule has 1 aliphatic heterocycles. The van der Waals surface area contributed by atoms with Crippen LogP contribution < -0.4 is 5.32 Å². The van der Waals surface area contributed by atoms with Crippen molar-refractivity contribution in [1.82, 2.24) is 25.0 Å². The highest BCUT2D eigenvalue weighted by Crippen LogP contribution is 2.27. The Labute approximate surface area is 193 Å². The standard InChI is InChI=1S/C26H30FN5O/c27-21-6-4-19(5-7-21)17-29-22-8-9-24-23(16-22)25(26(33)31-14-2-1-3-15-31)30-32(24)18-20-10-12-28-13-11-20/h4-7,10-13,22,29H,1-3,8-9,14-18H2. The molecule has 0 radical (unpaired) electrons. The summed E-state index contributed by atoms with van der Waals surface area (Å²) < 4.78 is 15.2. The minimum atomic E-state index is -0.219. The summed E-state index contributed by atoms with van der Waals surface area (Å²) in [5.41, 5.74) is 5.06. The number of carbonyl (C=O) groups excluding carboxylic acids is 1. The van der Waals surface area contributed by atoms with E-state index >= 15 is 0 Å². The van der Waals surface area contributed by atoms with Gasteiger partial charge in [-0.25, -0.2) is 4.39 Å². The van der Waals surface area contributed by atoms with Crippen LogP contribution in [0.15, 0.2) is 48.8 Å². The summed E-state index contributed by atoms with van der Waals surface area (Å²) in [7, 11) is 0. The number of aromatic nitrogens is 3. The van der Waals surface area contributed by atoms with E-state index in [-0.39, 0.29) is 17.8 Å². The van der Waals surface area contributed by atoms with Crippen LogP contribution in [0.4, 0.5) is 4.39 Å². The Morgan fingerprint density at radius 1 is 1.03 bits per heavy atom. The van der Waals surface area contributed by atoms with E-state index in [0.29, 0.717) is 18.8 Å². The molecule has 1 N–H and O–H groups in total. The van der Waals surface area contributed by atoms with Crippen LogP contribution in [0.25, 0.3) is 0 Å². The lowest BCUT2D eigenvalue weighted by atomic mass is 9.90. The number of rotatable bonds is 6. The second-order valence-corrected chi connectivity index (χ2v) is 9.09. The minimum absolute atomic E-state index is 0.0682. The zero-order valence-electron chi connectivity index (χ0n) is 18.8. The molecule has 0 bridgehead atoms. The van der Waals surface area contributed by atoms with Gasteiger partial charge in [0.15, 0.2) is 5.69 Å². The van der Waals surface area contributed by atoms with Crippen LogP contribution in [0.1, 0.15) is 58.6 Å². The average molecular weight is 448 g/mol. The first-order valence-electron chi connectivity index (χ1n) is 11.9. The molecular weight excluding hydrogens is 417 g/mol. The van der Waals surface area contributed by atoms with Crippen molar-refractivity contribution in [3.8, 4) is 0 Å². The third-order valence-electron chi connectivity index (χ3n) is 6.78. The summed E-state index contributed by atoms with van der Waals surface area (Å²) in [4.78, 5) is 19.5. The summed E-state index contributed by atoms with van der Waals surface area (Å²) in [6.45, 7) is 2.96. The molecule has 0 spiro atoms. The van der Waals surface area contributed by atoms with Crippen molar-refractivity contribution < 1.29 is 9.18 Å². The molecule has 6 nitrogen and oxygen atoms in total. The molecule has 1 atom stereocenters. The van der Waals surface area contributed by atoms with Gasteiger partial charge < -0.3 is 10.2 Å². The number of halogens is 1. The lowest BCUT2D eigenvalue weighted by Crippen LogP contribution is -2.38. The van der Waals surface area contributed by atoms with Gasteiger partial charge in [-0.15, -0.1) is 0 Å². The summed E-state index contributed by atoms with van der Waals surface area (Å²) in [5, 5.41) is 8.47. The maximum atomic E-state index is 13.4. The fourth-order valence-electron chi connectivity index (χ4n) is 4.94. The van der Waals surface area contributed by atoms with Crippen LogP contribution in [-0.2, 0) is 25.9 Å². The van der Waals surface area contributed by atoms with E-state index in [9.17, 15) is 9.18 Å². The Morgan fingerprint density at radius 3 is 2.55 bits per heavy atom. The third-order valence-corrected chi connectivity index (χ3v) is 6.78. The molecular formula is C26H30FN5O. The van der Waals surface area contributed by atoms with Crippen molar-refractivity contribution in [2.24, 2.45) is 0 Å². The van der Waals surface area contributed by atoms with Crippen LogP contribution in [0, 0.1) is 5.82 Å². The van der Waals surface area contributed by atoms with E-state index in [4.69, 9.17) is 5.10 Å². The van der Waals surface area contributed by atoms with Gasteiger partial charge in [-0.3, -0.25) is 14.5 Å². The molecule has 1 aliphatic carbocycles. The Kier molecular flexibility index (Phi) is 6.48. The van der Waals surface area contributed by atoms with Gasteiger partial charge in [0.2, 0.25) is 0 Å². The second-order valence-electron chi connectivity index (χ2n) is 9.09. The highest BCUT2D eigenvalue weighted by atomic mass is 19.1. The smallest absolute Gasteiger partial charge is 0.274 e. The molecule has 0 saturated carbocycles. The van der Waals surface area contributed by atoms with Crippen molar-refractivity contribution in [1.29, 1.82) is 0 Å². The highest BCUT2D eigenvalue weighted by molar-refractivity contribution is 5.94. The maximum Gasteiger partial charge on any atom is 0.274 e. The predicted molar refractivity (Wildman–Crippen MR) is 124 cm³/mol. The zero-order valence-corrected chi connectivity index (χ0v) is 18.8. The highest BCUT2D eigenvalue weighted by Gasteiger charge is 2.31. The number of fused-ring (bicyclic) bond motifs is 1. The first-order chi connectivity index (χ1) is 16.2. The fraction of sp³-hybridized carbons (Fsp3) is 0.423. The molecule has 7 heteroatoms. The van der Waals surface area contributed by atoms with Gasteiger partial charge in [0.05, 0.1) is 6.54 Å². The van der Waals surface area contributed by atoms with E-state index in [1.807, 2.05) is 33.8 Å². The normalized spacial score (nSPS) is 18.2. The number of hydrogen-bond acceptors (Lipinski definition) is 4. The third kappa shape index (κ3) is 4.98. The molecule has 1 aromatic carbocycles. The number of nitrogens with one attached hydrogen (secondary N) is 1. The van der Waals surface area contributed by atoms with Gasteiger partial charge in [0.1, 0.15) is 5.82 Å². The summed E-state index contributed by atoms with van der Waals surface area (Å²) in [6, 6.07) is 10.9. The Hall–Kier alpha value is -3.06. The van der Waals surface area contributed by atoms with E-state index in [1.54, 1.807) is 12.4 Å². The summed E-state index contributed by atoms with van der Waals surface area (Å²) in [5.74, 6) is -0.151. The molecule has 172 valence electrons. The number of amides is 1. The van der Waals surface area contributed by atoms with E-state index in [2.05, 4.69) is 10.3 Å².